The van der Waals surface area contributed by atoms with Crippen molar-refractivity contribution < 1.29 is 9.53 Å². The number of aromatic nitrogens is 2. The van der Waals surface area contributed by atoms with Crippen molar-refractivity contribution in [3.63, 3.8) is 0 Å². The van der Waals surface area contributed by atoms with Gasteiger partial charge in [0.25, 0.3) is 5.91 Å². The van der Waals surface area contributed by atoms with E-state index in [1.165, 1.54) is 0 Å². The number of methoxy groups -OCH3 is 1. The summed E-state index contributed by atoms with van der Waals surface area (Å²) in [7, 11) is 3.40. The van der Waals surface area contributed by atoms with E-state index in [4.69, 9.17) is 16.3 Å². The summed E-state index contributed by atoms with van der Waals surface area (Å²) in [5.41, 5.74) is 1.43. The zero-order valence-corrected chi connectivity index (χ0v) is 13.4. The molecule has 0 bridgehead atoms. The van der Waals surface area contributed by atoms with Gasteiger partial charge in [-0.25, -0.2) is 0 Å². The summed E-state index contributed by atoms with van der Waals surface area (Å²) in [5, 5.41) is 4.58. The lowest BCUT2D eigenvalue weighted by Gasteiger charge is -2.24. The Morgan fingerprint density at radius 3 is 2.68 bits per heavy atom. The van der Waals surface area contributed by atoms with Crippen LogP contribution in [0.1, 0.15) is 34.9 Å². The summed E-state index contributed by atoms with van der Waals surface area (Å²) in [6.07, 6.45) is 3.57. The van der Waals surface area contributed by atoms with E-state index in [0.29, 0.717) is 10.7 Å². The Morgan fingerprint density at radius 2 is 2.09 bits per heavy atom. The normalized spacial score (nSPS) is 17.8. The standard InChI is InChI=1S/C16H18ClN3O2/c1-19-10-13(17)15(18-19)16(21)20-9-3-4-14(20)11-5-7-12(22-2)8-6-11/h5-8,10,14H,3-4,9H2,1-2H3/t14-/m1/s1. The van der Waals surface area contributed by atoms with Crippen molar-refractivity contribution in [1.29, 1.82) is 0 Å². The Labute approximate surface area is 134 Å². The highest BCUT2D eigenvalue weighted by Crippen LogP contribution is 2.34. The van der Waals surface area contributed by atoms with E-state index >= 15 is 0 Å². The molecule has 2 aromatic rings. The molecule has 0 N–H and O–H groups in total. The molecule has 0 radical (unpaired) electrons. The van der Waals surface area contributed by atoms with Crippen LogP contribution in [0.5, 0.6) is 5.75 Å². The molecule has 1 saturated heterocycles. The molecule has 0 aliphatic carbocycles. The number of carbonyl (C=O) groups excluding carboxylic acids is 1. The Hall–Kier alpha value is -2.01. The van der Waals surface area contributed by atoms with Gasteiger partial charge in [-0.05, 0) is 30.5 Å². The highest BCUT2D eigenvalue weighted by Gasteiger charge is 2.32. The molecule has 1 aromatic heterocycles. The second-order valence-electron chi connectivity index (χ2n) is 5.43. The van der Waals surface area contributed by atoms with Crippen LogP contribution in [0.3, 0.4) is 0 Å². The predicted octanol–water partition coefficient (Wildman–Crippen LogP) is 3.06. The maximum Gasteiger partial charge on any atom is 0.276 e. The van der Waals surface area contributed by atoms with Crippen LogP contribution in [0.15, 0.2) is 30.5 Å². The summed E-state index contributed by atoms with van der Waals surface area (Å²) < 4.78 is 6.75. The number of likely N-dealkylation sites (tertiary alicyclic amines) is 1. The molecule has 0 unspecified atom stereocenters. The van der Waals surface area contributed by atoms with Gasteiger partial charge in [-0.1, -0.05) is 23.7 Å². The van der Waals surface area contributed by atoms with E-state index in [9.17, 15) is 4.79 Å². The number of carbonyl (C=O) groups is 1. The Balaban J connectivity index is 1.86. The SMILES string of the molecule is COc1ccc([C@H]2CCCN2C(=O)c2nn(C)cc2Cl)cc1. The van der Waals surface area contributed by atoms with Crippen LogP contribution in [0.2, 0.25) is 5.02 Å². The maximum atomic E-state index is 12.7. The number of rotatable bonds is 3. The van der Waals surface area contributed by atoms with E-state index in [0.717, 1.165) is 30.7 Å². The van der Waals surface area contributed by atoms with Crippen molar-refractivity contribution >= 4 is 17.5 Å². The number of ether oxygens (including phenoxy) is 1. The molecule has 116 valence electrons. The monoisotopic (exact) mass is 319 g/mol. The third kappa shape index (κ3) is 2.68. The van der Waals surface area contributed by atoms with E-state index in [-0.39, 0.29) is 11.9 Å². The lowest BCUT2D eigenvalue weighted by Crippen LogP contribution is -2.31. The van der Waals surface area contributed by atoms with Crippen molar-refractivity contribution in [3.05, 3.63) is 46.7 Å². The van der Waals surface area contributed by atoms with Gasteiger partial charge in [-0.15, -0.1) is 0 Å². The molecule has 5 nitrogen and oxygen atoms in total. The minimum Gasteiger partial charge on any atom is -0.497 e. The minimum atomic E-state index is -0.107. The number of halogens is 1. The second-order valence-corrected chi connectivity index (χ2v) is 5.84. The average Bonchev–Trinajstić information content (AvgIpc) is 3.13. The molecule has 22 heavy (non-hydrogen) atoms. The highest BCUT2D eigenvalue weighted by molar-refractivity contribution is 6.33. The van der Waals surface area contributed by atoms with Crippen molar-refractivity contribution in [2.24, 2.45) is 7.05 Å². The number of hydrogen-bond acceptors (Lipinski definition) is 3. The zero-order valence-electron chi connectivity index (χ0n) is 12.6. The first-order chi connectivity index (χ1) is 10.6. The lowest BCUT2D eigenvalue weighted by molar-refractivity contribution is 0.0729. The number of amides is 1. The molecule has 1 aliphatic rings. The molecule has 6 heteroatoms. The summed E-state index contributed by atoms with van der Waals surface area (Å²) in [6.45, 7) is 0.725. The zero-order chi connectivity index (χ0) is 15.7. The van der Waals surface area contributed by atoms with Gasteiger partial charge in [0.15, 0.2) is 5.69 Å². The summed E-state index contributed by atoms with van der Waals surface area (Å²) in [6, 6.07) is 7.93. The number of benzene rings is 1. The van der Waals surface area contributed by atoms with E-state index < -0.39 is 0 Å². The molecular weight excluding hydrogens is 302 g/mol. The first kappa shape index (κ1) is 14.9. The molecular formula is C16H18ClN3O2. The van der Waals surface area contributed by atoms with Crippen molar-refractivity contribution in [1.82, 2.24) is 14.7 Å². The largest absolute Gasteiger partial charge is 0.497 e. The fourth-order valence-electron chi connectivity index (χ4n) is 2.92. The summed E-state index contributed by atoms with van der Waals surface area (Å²) in [5.74, 6) is 0.705. The van der Waals surface area contributed by atoms with E-state index in [1.807, 2.05) is 29.2 Å². The topological polar surface area (TPSA) is 47.4 Å². The van der Waals surface area contributed by atoms with Gasteiger partial charge in [0.2, 0.25) is 0 Å². The molecule has 1 aliphatic heterocycles. The maximum absolute atomic E-state index is 12.7. The van der Waals surface area contributed by atoms with Gasteiger partial charge in [0.1, 0.15) is 5.75 Å². The van der Waals surface area contributed by atoms with Crippen LogP contribution in [0.25, 0.3) is 0 Å². The first-order valence-electron chi connectivity index (χ1n) is 7.24. The predicted molar refractivity (Wildman–Crippen MR) is 84.2 cm³/mol. The van der Waals surface area contributed by atoms with Crippen LogP contribution >= 0.6 is 11.6 Å². The summed E-state index contributed by atoms with van der Waals surface area (Å²) >= 11 is 6.10. The first-order valence-corrected chi connectivity index (χ1v) is 7.62. The molecule has 2 heterocycles. The van der Waals surface area contributed by atoms with E-state index in [1.54, 1.807) is 25.0 Å². The van der Waals surface area contributed by atoms with Gasteiger partial charge < -0.3 is 9.64 Å². The third-order valence-corrected chi connectivity index (χ3v) is 4.28. The van der Waals surface area contributed by atoms with Crippen molar-refractivity contribution in [2.75, 3.05) is 13.7 Å². The molecule has 1 fully saturated rings. The lowest BCUT2D eigenvalue weighted by atomic mass is 10.0. The number of nitrogens with zero attached hydrogens (tertiary/aromatic N) is 3. The van der Waals surface area contributed by atoms with Gasteiger partial charge in [0, 0.05) is 19.8 Å². The fraction of sp³-hybridized carbons (Fsp3) is 0.375. The number of hydrogen-bond donors (Lipinski definition) is 0. The molecule has 0 saturated carbocycles. The smallest absolute Gasteiger partial charge is 0.276 e. The molecule has 1 amide bonds. The van der Waals surface area contributed by atoms with Crippen LogP contribution < -0.4 is 4.74 Å². The second kappa shape index (κ2) is 6.01. The Kier molecular flexibility index (Phi) is 4.07. The molecule has 3 rings (SSSR count). The van der Waals surface area contributed by atoms with Crippen LogP contribution in [0.4, 0.5) is 0 Å². The molecule has 0 spiro atoms. The summed E-state index contributed by atoms with van der Waals surface area (Å²) in [4.78, 5) is 14.6. The average molecular weight is 320 g/mol. The Bertz CT molecular complexity index is 681. The molecule has 1 atom stereocenters. The van der Waals surface area contributed by atoms with Gasteiger partial charge in [-0.2, -0.15) is 5.10 Å². The van der Waals surface area contributed by atoms with Crippen molar-refractivity contribution in [2.45, 2.75) is 18.9 Å². The van der Waals surface area contributed by atoms with Crippen LogP contribution in [-0.2, 0) is 7.05 Å². The Morgan fingerprint density at radius 1 is 1.36 bits per heavy atom. The fourth-order valence-corrected chi connectivity index (χ4v) is 3.18. The van der Waals surface area contributed by atoms with Crippen molar-refractivity contribution in [3.8, 4) is 5.75 Å². The number of aryl methyl sites for hydroxylation is 1. The van der Waals surface area contributed by atoms with E-state index in [2.05, 4.69) is 5.10 Å². The van der Waals surface area contributed by atoms with Gasteiger partial charge in [-0.3, -0.25) is 9.48 Å². The highest BCUT2D eigenvalue weighted by atomic mass is 35.5. The van der Waals surface area contributed by atoms with Crippen LogP contribution in [0, 0.1) is 0 Å². The minimum absolute atomic E-state index is 0.0662. The third-order valence-electron chi connectivity index (χ3n) is 4.00. The quantitative estimate of drug-likeness (QED) is 0.873. The van der Waals surface area contributed by atoms with Crippen LogP contribution in [-0.4, -0.2) is 34.2 Å². The van der Waals surface area contributed by atoms with Gasteiger partial charge >= 0.3 is 0 Å². The molecule has 1 aromatic carbocycles. The van der Waals surface area contributed by atoms with Gasteiger partial charge in [0.05, 0.1) is 18.2 Å².